The van der Waals surface area contributed by atoms with Gasteiger partial charge < -0.3 is 4.90 Å². The molecule has 3 heteroatoms. The number of nitrogens with zero attached hydrogens (tertiary/aromatic N) is 2. The summed E-state index contributed by atoms with van der Waals surface area (Å²) in [6.45, 7) is 0.389. The van der Waals surface area contributed by atoms with Crippen LogP contribution in [0.2, 0.25) is 0 Å². The molecule has 7 heavy (non-hydrogen) atoms. The maximum Gasteiger partial charge on any atom is 0.267 e. The lowest BCUT2D eigenvalue weighted by molar-refractivity contribution is -0.116. The zero-order valence-electron chi connectivity index (χ0n) is 4.01. The Balaban J connectivity index is 2.58. The Kier molecular flexibility index (Phi) is 0.817. The molecular formula is C4H5N2O. The van der Waals surface area contributed by atoms with Crippen LogP contribution in [0.4, 0.5) is 0 Å². The zero-order valence-corrected chi connectivity index (χ0v) is 4.01. The molecule has 0 aromatic heterocycles. The van der Waals surface area contributed by atoms with Crippen LogP contribution in [0.5, 0.6) is 0 Å². The normalized spacial score (nSPS) is 19.0. The molecule has 0 atom stereocenters. The second-order valence-corrected chi connectivity index (χ2v) is 1.46. The van der Waals surface area contributed by atoms with Gasteiger partial charge in [-0.25, -0.2) is 0 Å². The van der Waals surface area contributed by atoms with E-state index in [2.05, 4.69) is 11.3 Å². The van der Waals surface area contributed by atoms with E-state index < -0.39 is 0 Å². The van der Waals surface area contributed by atoms with E-state index in [4.69, 9.17) is 0 Å². The Labute approximate surface area is 41.6 Å². The van der Waals surface area contributed by atoms with Crippen molar-refractivity contribution in [3.63, 3.8) is 0 Å². The van der Waals surface area contributed by atoms with Crippen LogP contribution in [0, 0.1) is 0 Å². The molecule has 1 aliphatic rings. The van der Waals surface area contributed by atoms with Gasteiger partial charge in [0.05, 0.1) is 0 Å². The van der Waals surface area contributed by atoms with Gasteiger partial charge in [0.25, 0.3) is 5.91 Å². The Morgan fingerprint density at radius 3 is 2.86 bits per heavy atom. The summed E-state index contributed by atoms with van der Waals surface area (Å²) in [4.78, 5) is 15.2. The maximum atomic E-state index is 10.2. The topological polar surface area (TPSA) is 32.7 Å². The summed E-state index contributed by atoms with van der Waals surface area (Å²) in [6.07, 6.45) is 2.48. The molecule has 0 spiro atoms. The van der Waals surface area contributed by atoms with E-state index >= 15 is 0 Å². The fraction of sp³-hybridized carbons (Fsp3) is 0.500. The van der Waals surface area contributed by atoms with E-state index in [1.54, 1.807) is 11.9 Å². The largest absolute Gasteiger partial charge is 0.347 e. The van der Waals surface area contributed by atoms with Crippen LogP contribution in [-0.2, 0) is 4.79 Å². The molecule has 1 rings (SSSR count). The molecule has 37 valence electrons. The summed E-state index contributed by atoms with van der Waals surface area (Å²) < 4.78 is 0. The van der Waals surface area contributed by atoms with Gasteiger partial charge in [-0.15, -0.1) is 0 Å². The van der Waals surface area contributed by atoms with Crippen LogP contribution < -0.4 is 0 Å². The van der Waals surface area contributed by atoms with Gasteiger partial charge in [0.2, 0.25) is 0 Å². The Morgan fingerprint density at radius 2 is 2.71 bits per heavy atom. The molecule has 0 saturated heterocycles. The van der Waals surface area contributed by atoms with Crippen molar-refractivity contribution in [3.8, 4) is 0 Å². The third kappa shape index (κ3) is 0.765. The summed E-state index contributed by atoms with van der Waals surface area (Å²) in [5.74, 6) is -0.109. The Bertz CT molecular complexity index is 119. The lowest BCUT2D eigenvalue weighted by atomic mass is 10.6. The second kappa shape index (κ2) is 1.33. The number of likely N-dealkylation sites (N-methyl/N-ethyl adjacent to an activating group) is 1. The molecule has 0 N–H and O–H groups in total. The fourth-order valence-electron chi connectivity index (χ4n) is 0.415. The lowest BCUT2D eigenvalue weighted by Gasteiger charge is -1.96. The first kappa shape index (κ1) is 4.30. The van der Waals surface area contributed by atoms with Gasteiger partial charge in [0, 0.05) is 7.05 Å². The molecule has 1 amide bonds. The van der Waals surface area contributed by atoms with Gasteiger partial charge in [0.15, 0.2) is 6.34 Å². The third-order valence-electron chi connectivity index (χ3n) is 0.718. The zero-order chi connectivity index (χ0) is 5.28. The van der Waals surface area contributed by atoms with Gasteiger partial charge in [0.1, 0.15) is 6.54 Å². The highest BCUT2D eigenvalue weighted by Gasteiger charge is 2.07. The predicted octanol–water partition coefficient (Wildman–Crippen LogP) is -0.636. The van der Waals surface area contributed by atoms with E-state index in [9.17, 15) is 4.79 Å². The molecule has 0 aromatic carbocycles. The summed E-state index contributed by atoms with van der Waals surface area (Å²) in [5, 5.41) is 0. The summed E-state index contributed by atoms with van der Waals surface area (Å²) >= 11 is 0. The van der Waals surface area contributed by atoms with E-state index in [1.807, 2.05) is 0 Å². The van der Waals surface area contributed by atoms with Crippen LogP contribution >= 0.6 is 0 Å². The van der Waals surface area contributed by atoms with Crippen LogP contribution in [-0.4, -0.2) is 30.7 Å². The molecule has 3 nitrogen and oxygen atoms in total. The quantitative estimate of drug-likeness (QED) is 0.403. The van der Waals surface area contributed by atoms with Gasteiger partial charge >= 0.3 is 0 Å². The minimum atomic E-state index is -0.109. The van der Waals surface area contributed by atoms with Crippen LogP contribution in [0.25, 0.3) is 0 Å². The van der Waals surface area contributed by atoms with Crippen molar-refractivity contribution in [2.75, 3.05) is 13.6 Å². The van der Waals surface area contributed by atoms with Gasteiger partial charge in [-0.05, 0) is 0 Å². The van der Waals surface area contributed by atoms with Crippen molar-refractivity contribution in [2.24, 2.45) is 4.99 Å². The number of hydrogen-bond donors (Lipinski definition) is 0. The number of carbonyl (C=O) groups is 1. The third-order valence-corrected chi connectivity index (χ3v) is 0.718. The van der Waals surface area contributed by atoms with E-state index in [-0.39, 0.29) is 5.91 Å². The smallest absolute Gasteiger partial charge is 0.267 e. The lowest BCUT2D eigenvalue weighted by Crippen LogP contribution is -2.14. The highest BCUT2D eigenvalue weighted by molar-refractivity contribution is 5.91. The van der Waals surface area contributed by atoms with Crippen molar-refractivity contribution in [3.05, 3.63) is 0 Å². The van der Waals surface area contributed by atoms with Crippen molar-refractivity contribution < 1.29 is 4.79 Å². The molecule has 0 aliphatic carbocycles. The minimum absolute atomic E-state index is 0.109. The Hall–Kier alpha value is -0.860. The standard InChI is InChI=1S/C4H5N2O/c1-6-2-4(7)5-3-6/h2H2,1H3. The first-order valence-electron chi connectivity index (χ1n) is 1.99. The van der Waals surface area contributed by atoms with Crippen molar-refractivity contribution in [1.29, 1.82) is 0 Å². The minimum Gasteiger partial charge on any atom is -0.347 e. The second-order valence-electron chi connectivity index (χ2n) is 1.46. The predicted molar refractivity (Wildman–Crippen MR) is 25.1 cm³/mol. The van der Waals surface area contributed by atoms with Crippen molar-refractivity contribution in [1.82, 2.24) is 4.90 Å². The van der Waals surface area contributed by atoms with E-state index in [0.29, 0.717) is 6.54 Å². The molecule has 1 radical (unpaired) electrons. The van der Waals surface area contributed by atoms with Crippen LogP contribution in [0.3, 0.4) is 0 Å². The number of amides is 1. The number of carbonyl (C=O) groups excluding carboxylic acids is 1. The highest BCUT2D eigenvalue weighted by atomic mass is 16.1. The average Bonchev–Trinajstić information content (AvgIpc) is 1.87. The maximum absolute atomic E-state index is 10.2. The first-order chi connectivity index (χ1) is 3.29. The molecule has 1 aliphatic heterocycles. The molecule has 0 bridgehead atoms. The first-order valence-corrected chi connectivity index (χ1v) is 1.99. The highest BCUT2D eigenvalue weighted by Crippen LogP contribution is 1.87. The molecule has 0 fully saturated rings. The summed E-state index contributed by atoms with van der Waals surface area (Å²) in [5.41, 5.74) is 0. The summed E-state index contributed by atoms with van der Waals surface area (Å²) in [6, 6.07) is 0. The Morgan fingerprint density at radius 1 is 2.00 bits per heavy atom. The van der Waals surface area contributed by atoms with Crippen molar-refractivity contribution in [2.45, 2.75) is 0 Å². The van der Waals surface area contributed by atoms with Gasteiger partial charge in [-0.1, -0.05) is 0 Å². The molecule has 0 unspecified atom stereocenters. The van der Waals surface area contributed by atoms with Gasteiger partial charge in [-0.3, -0.25) is 4.79 Å². The number of rotatable bonds is 0. The monoisotopic (exact) mass is 97.0 g/mol. The summed E-state index contributed by atoms with van der Waals surface area (Å²) in [7, 11) is 1.76. The molecule has 0 saturated carbocycles. The fourth-order valence-corrected chi connectivity index (χ4v) is 0.415. The van der Waals surface area contributed by atoms with Gasteiger partial charge in [-0.2, -0.15) is 4.99 Å². The molecule has 1 heterocycles. The van der Waals surface area contributed by atoms with E-state index in [0.717, 1.165) is 0 Å². The number of hydrogen-bond acceptors (Lipinski definition) is 2. The van der Waals surface area contributed by atoms with Crippen LogP contribution in [0.1, 0.15) is 0 Å². The van der Waals surface area contributed by atoms with Crippen LogP contribution in [0.15, 0.2) is 4.99 Å². The number of aliphatic imine (C=N–C) groups is 1. The van der Waals surface area contributed by atoms with E-state index in [1.165, 1.54) is 0 Å². The van der Waals surface area contributed by atoms with Crippen molar-refractivity contribution >= 4 is 12.2 Å². The average molecular weight is 97.1 g/mol. The SMILES string of the molecule is CN1[C]=NC(=O)C1. The molecular weight excluding hydrogens is 92.1 g/mol. The molecule has 0 aromatic rings.